The van der Waals surface area contributed by atoms with Crippen LogP contribution in [0.1, 0.15) is 52.8 Å². The molecule has 2 aromatic heterocycles. The minimum Gasteiger partial charge on any atom is -0.497 e. The van der Waals surface area contributed by atoms with E-state index in [9.17, 15) is 9.59 Å². The van der Waals surface area contributed by atoms with E-state index in [4.69, 9.17) is 33.4 Å². The molecule has 9 rings (SSSR count). The summed E-state index contributed by atoms with van der Waals surface area (Å²) in [6, 6.07) is 51.3. The lowest BCUT2D eigenvalue weighted by molar-refractivity contribution is -0.147. The largest absolute Gasteiger partial charge is 0.497 e. The number of nitrogens with one attached hydrogen (secondary N) is 2. The molecule has 6 aromatic carbocycles. The van der Waals surface area contributed by atoms with Crippen molar-refractivity contribution in [2.45, 2.75) is 30.5 Å². The number of rotatable bonds is 18. The number of aromatic nitrogens is 4. The Bertz CT molecular complexity index is 2920. The summed E-state index contributed by atoms with van der Waals surface area (Å²) in [6.45, 7) is 1.83. The maximum Gasteiger partial charge on any atom is 0.302 e. The minimum absolute atomic E-state index is 0.0861. The first-order chi connectivity index (χ1) is 33.2. The van der Waals surface area contributed by atoms with Gasteiger partial charge in [0.15, 0.2) is 11.2 Å². The lowest BCUT2D eigenvalue weighted by Crippen LogP contribution is -2.46. The first-order valence-corrected chi connectivity index (χ1v) is 22.4. The van der Waals surface area contributed by atoms with Gasteiger partial charge in [-0.15, -0.1) is 0 Å². The molecule has 13 nitrogen and oxygen atoms in total. The third-order valence-electron chi connectivity index (χ3n) is 13.2. The summed E-state index contributed by atoms with van der Waals surface area (Å²) in [5, 5.41) is 3.72. The molecule has 2 N–H and O–H groups in total. The van der Waals surface area contributed by atoms with Gasteiger partial charge in [-0.25, -0.2) is 4.98 Å². The van der Waals surface area contributed by atoms with Crippen LogP contribution < -0.4 is 29.8 Å². The third-order valence-corrected chi connectivity index (χ3v) is 13.2. The normalized spacial score (nSPS) is 15.8. The number of methoxy groups -OCH3 is 4. The van der Waals surface area contributed by atoms with Gasteiger partial charge in [0.2, 0.25) is 5.95 Å². The van der Waals surface area contributed by atoms with E-state index in [1.807, 2.05) is 150 Å². The Morgan fingerprint density at radius 1 is 0.632 bits per heavy atom. The lowest BCUT2D eigenvalue weighted by Gasteiger charge is -2.47. The number of carbonyl (C=O) groups excluding carboxylic acids is 1. The zero-order valence-electron chi connectivity index (χ0n) is 38.5. The molecule has 3 atom stereocenters. The van der Waals surface area contributed by atoms with Gasteiger partial charge in [0.1, 0.15) is 34.1 Å². The highest BCUT2D eigenvalue weighted by Crippen LogP contribution is 2.49. The zero-order valence-corrected chi connectivity index (χ0v) is 38.5. The average molecular weight is 912 g/mol. The van der Waals surface area contributed by atoms with E-state index in [2.05, 4.69) is 27.4 Å². The van der Waals surface area contributed by atoms with Gasteiger partial charge in [0.05, 0.1) is 48.0 Å². The quantitative estimate of drug-likeness (QED) is 0.0627. The highest BCUT2D eigenvalue weighted by molar-refractivity contribution is 5.72. The number of esters is 1. The fraction of sp³-hybridized carbons (Fsp3) is 0.236. The summed E-state index contributed by atoms with van der Waals surface area (Å²) in [4.78, 5) is 39.3. The maximum absolute atomic E-state index is 14.2. The van der Waals surface area contributed by atoms with E-state index in [1.54, 1.807) is 34.8 Å². The van der Waals surface area contributed by atoms with Crippen LogP contribution in [-0.4, -0.2) is 67.1 Å². The summed E-state index contributed by atoms with van der Waals surface area (Å²) in [5.41, 5.74) is 3.31. The van der Waals surface area contributed by atoms with E-state index >= 15 is 0 Å². The van der Waals surface area contributed by atoms with Crippen LogP contribution in [0.15, 0.2) is 169 Å². The number of hydrogen-bond donors (Lipinski definition) is 2. The minimum atomic E-state index is -1.10. The number of hydrogen-bond acceptors (Lipinski definition) is 11. The van der Waals surface area contributed by atoms with Crippen molar-refractivity contribution >= 4 is 23.1 Å². The summed E-state index contributed by atoms with van der Waals surface area (Å²) in [7, 11) is 6.55. The predicted octanol–water partition coefficient (Wildman–Crippen LogP) is 9.31. The van der Waals surface area contributed by atoms with Gasteiger partial charge in [0.25, 0.3) is 5.56 Å². The van der Waals surface area contributed by atoms with Crippen molar-refractivity contribution in [3.8, 4) is 23.0 Å². The fourth-order valence-corrected chi connectivity index (χ4v) is 9.55. The fourth-order valence-electron chi connectivity index (χ4n) is 9.55. The molecule has 346 valence electrons. The van der Waals surface area contributed by atoms with Crippen molar-refractivity contribution in [3.05, 3.63) is 208 Å². The standard InChI is InChI=1S/C55H53N5O8/c1-36(61)67-33-37-32-49(48(37)34-68-55(41-14-10-7-11-15-41,42-20-28-46(65-4)29-21-42)43-22-30-47(66-5)31-23-43)60-35-56-50-51(60)57-53(58-52(50)62)59-54(38-12-8-6-9-13-38,39-16-24-44(63-2)25-17-39)40-18-26-45(64-3)27-19-40/h6-31,35,37,48-49H,32-34H2,1-5H3,(H2,57,58,59,62)/t37-,48-,49-/m1/s1. The summed E-state index contributed by atoms with van der Waals surface area (Å²) >= 11 is 0. The summed E-state index contributed by atoms with van der Waals surface area (Å²) in [6.07, 6.45) is 2.28. The van der Waals surface area contributed by atoms with Crippen LogP contribution in [0, 0.1) is 11.8 Å². The average Bonchev–Trinajstić information content (AvgIpc) is 3.81. The Morgan fingerprint density at radius 3 is 1.54 bits per heavy atom. The van der Waals surface area contributed by atoms with Crippen molar-refractivity contribution in [2.75, 3.05) is 47.0 Å². The number of fused-ring (bicyclic) bond motifs is 1. The van der Waals surface area contributed by atoms with Gasteiger partial charge in [0, 0.05) is 24.8 Å². The molecular formula is C55H53N5O8. The van der Waals surface area contributed by atoms with Crippen LogP contribution in [0.2, 0.25) is 0 Å². The van der Waals surface area contributed by atoms with E-state index in [0.717, 1.165) is 33.4 Å². The Labute approximate surface area is 394 Å². The van der Waals surface area contributed by atoms with E-state index in [-0.39, 0.29) is 48.5 Å². The first-order valence-electron chi connectivity index (χ1n) is 22.4. The van der Waals surface area contributed by atoms with E-state index in [0.29, 0.717) is 35.1 Å². The number of H-pyrrole nitrogens is 1. The monoisotopic (exact) mass is 911 g/mol. The first kappa shape index (κ1) is 45.3. The van der Waals surface area contributed by atoms with Crippen molar-refractivity contribution in [1.29, 1.82) is 0 Å². The molecule has 2 heterocycles. The van der Waals surface area contributed by atoms with Crippen molar-refractivity contribution in [2.24, 2.45) is 11.8 Å². The van der Waals surface area contributed by atoms with Gasteiger partial charge in [-0.3, -0.25) is 14.6 Å². The molecule has 1 fully saturated rings. The number of anilines is 1. The highest BCUT2D eigenvalue weighted by atomic mass is 16.5. The molecule has 13 heteroatoms. The highest BCUT2D eigenvalue weighted by Gasteiger charge is 2.47. The van der Waals surface area contributed by atoms with E-state index < -0.39 is 16.7 Å². The Kier molecular flexibility index (Phi) is 13.0. The lowest BCUT2D eigenvalue weighted by atomic mass is 9.69. The molecule has 0 bridgehead atoms. The van der Waals surface area contributed by atoms with E-state index in [1.165, 1.54) is 6.92 Å². The third kappa shape index (κ3) is 8.52. The molecule has 1 aliphatic rings. The number of benzene rings is 6. The summed E-state index contributed by atoms with van der Waals surface area (Å²) in [5.74, 6) is 2.38. The molecular weight excluding hydrogens is 859 g/mol. The maximum atomic E-state index is 14.2. The molecule has 0 spiro atoms. The molecule has 8 aromatic rings. The zero-order chi connectivity index (χ0) is 47.3. The van der Waals surface area contributed by atoms with Crippen molar-refractivity contribution in [3.63, 3.8) is 0 Å². The van der Waals surface area contributed by atoms with Gasteiger partial charge in [-0.2, -0.15) is 4.98 Å². The van der Waals surface area contributed by atoms with Gasteiger partial charge < -0.3 is 38.3 Å². The molecule has 1 aliphatic carbocycles. The number of nitrogens with zero attached hydrogens (tertiary/aromatic N) is 3. The van der Waals surface area contributed by atoms with Crippen molar-refractivity contribution in [1.82, 2.24) is 19.5 Å². The molecule has 0 unspecified atom stereocenters. The Hall–Kier alpha value is -7.90. The molecule has 0 amide bonds. The molecule has 68 heavy (non-hydrogen) atoms. The summed E-state index contributed by atoms with van der Waals surface area (Å²) < 4.78 is 37.3. The van der Waals surface area contributed by atoms with Crippen molar-refractivity contribution < 1.29 is 33.2 Å². The van der Waals surface area contributed by atoms with Crippen LogP contribution in [-0.2, 0) is 25.4 Å². The van der Waals surface area contributed by atoms with Gasteiger partial charge >= 0.3 is 5.97 Å². The number of imidazole rings is 1. The van der Waals surface area contributed by atoms with Crippen LogP contribution in [0.3, 0.4) is 0 Å². The second kappa shape index (κ2) is 19.5. The molecule has 0 saturated heterocycles. The second-order valence-electron chi connectivity index (χ2n) is 16.8. The predicted molar refractivity (Wildman–Crippen MR) is 260 cm³/mol. The number of carbonyl (C=O) groups is 1. The Morgan fingerprint density at radius 2 is 1.07 bits per heavy atom. The van der Waals surface area contributed by atoms with Crippen LogP contribution in [0.4, 0.5) is 5.95 Å². The van der Waals surface area contributed by atoms with Crippen LogP contribution in [0.5, 0.6) is 23.0 Å². The topological polar surface area (TPSA) is 148 Å². The SMILES string of the molecule is COc1ccc(C(Nc2nc3c(ncn3[C@@H]3C[C@H](COC(C)=O)[C@H]3COC(c3ccccc3)(c3ccc(OC)cc3)c3ccc(OC)cc3)c(=O)[nH]2)(c2ccccc2)c2ccc(OC)cc2)cc1. The van der Waals surface area contributed by atoms with Gasteiger partial charge in [-0.05, 0) is 88.3 Å². The van der Waals surface area contributed by atoms with Crippen LogP contribution in [0.25, 0.3) is 11.2 Å². The smallest absolute Gasteiger partial charge is 0.302 e. The molecule has 1 saturated carbocycles. The molecule has 0 radical (unpaired) electrons. The Balaban J connectivity index is 1.15. The molecule has 0 aliphatic heterocycles. The number of aromatic amines is 1. The van der Waals surface area contributed by atoms with Crippen LogP contribution >= 0.6 is 0 Å². The number of ether oxygens (including phenoxy) is 6. The second-order valence-corrected chi connectivity index (χ2v) is 16.8. The van der Waals surface area contributed by atoms with Gasteiger partial charge in [-0.1, -0.05) is 109 Å².